The zero-order valence-corrected chi connectivity index (χ0v) is 12.4. The summed E-state index contributed by atoms with van der Waals surface area (Å²) in [5.41, 5.74) is 0. The predicted molar refractivity (Wildman–Crippen MR) is 79.3 cm³/mol. The molecule has 0 heterocycles. The zero-order chi connectivity index (χ0) is 16.8. The quantitative estimate of drug-likeness (QED) is 0.398. The summed E-state index contributed by atoms with van der Waals surface area (Å²) in [4.78, 5) is 22.0. The van der Waals surface area contributed by atoms with Crippen molar-refractivity contribution < 1.29 is 23.6 Å². The molecule has 0 aromatic carbocycles. The first-order chi connectivity index (χ1) is 10.4. The van der Waals surface area contributed by atoms with E-state index in [0.29, 0.717) is 24.0 Å². The number of halogens is 1. The predicted octanol–water partition coefficient (Wildman–Crippen LogP) is -0.406. The number of hydrogen-bond acceptors (Lipinski definition) is 2. The Balaban J connectivity index is 4.04. The molecule has 0 radical (unpaired) electrons. The maximum absolute atomic E-state index is 11.3. The van der Waals surface area contributed by atoms with Crippen LogP contribution in [0.15, 0.2) is 0 Å². The van der Waals surface area contributed by atoms with Gasteiger partial charge >= 0.3 is 5.97 Å². The van der Waals surface area contributed by atoms with E-state index in [9.17, 15) is 14.0 Å². The largest absolute Gasteiger partial charge is 0.477 e. The molecule has 0 bridgehead atoms. The van der Waals surface area contributed by atoms with Gasteiger partial charge in [0.25, 0.3) is 5.91 Å². The smallest absolute Gasteiger partial charge is 0.359 e. The van der Waals surface area contributed by atoms with Crippen LogP contribution in [0.1, 0.15) is 6.42 Å². The molecule has 6 heteroatoms. The molecule has 0 aromatic heterocycles. The molecule has 5 nitrogen and oxygen atoms in total. The van der Waals surface area contributed by atoms with Crippen LogP contribution in [0.2, 0.25) is 0 Å². The van der Waals surface area contributed by atoms with Crippen LogP contribution in [-0.2, 0) is 9.59 Å². The number of likely N-dealkylation sites (N-methyl/N-ethyl adjacent to an activating group) is 1. The van der Waals surface area contributed by atoms with E-state index in [2.05, 4.69) is 40.8 Å². The van der Waals surface area contributed by atoms with Crippen molar-refractivity contribution in [3.05, 3.63) is 0 Å². The van der Waals surface area contributed by atoms with Crippen LogP contribution in [0.3, 0.4) is 0 Å². The summed E-state index contributed by atoms with van der Waals surface area (Å²) in [6, 6.07) is 0. The number of hydrogen-bond donors (Lipinski definition) is 2. The Morgan fingerprint density at radius 3 is 2.27 bits per heavy atom. The second kappa shape index (κ2) is 10.8. The van der Waals surface area contributed by atoms with Crippen molar-refractivity contribution in [2.45, 2.75) is 6.42 Å². The van der Waals surface area contributed by atoms with Crippen molar-refractivity contribution in [3.63, 3.8) is 0 Å². The first kappa shape index (κ1) is 19.1. The molecule has 0 aliphatic heterocycles. The fraction of sp³-hybridized carbons (Fsp3) is 0.375. The highest BCUT2D eigenvalue weighted by molar-refractivity contribution is 5.94. The Morgan fingerprint density at radius 2 is 1.68 bits per heavy atom. The molecular formula is C16H16FN2O3+. The summed E-state index contributed by atoms with van der Waals surface area (Å²) in [7, 11) is 3.61. The third-order valence-electron chi connectivity index (χ3n) is 2.32. The lowest BCUT2D eigenvalue weighted by molar-refractivity contribution is -0.883. The Kier molecular flexibility index (Phi) is 9.37. The SMILES string of the molecule is C[N+](C)(CCCNC(=O)C#CC#CC#CC#CF)CC(=O)O. The Bertz CT molecular complexity index is 652. The minimum atomic E-state index is -0.862. The lowest BCUT2D eigenvalue weighted by atomic mass is 10.3. The van der Waals surface area contributed by atoms with Gasteiger partial charge in [-0.2, -0.15) is 0 Å². The monoisotopic (exact) mass is 303 g/mol. The van der Waals surface area contributed by atoms with E-state index < -0.39 is 11.9 Å². The van der Waals surface area contributed by atoms with E-state index in [1.807, 2.05) is 5.92 Å². The molecule has 0 atom stereocenters. The highest BCUT2D eigenvalue weighted by Gasteiger charge is 2.18. The molecular weight excluding hydrogens is 287 g/mol. The average molecular weight is 303 g/mol. The number of nitrogens with zero attached hydrogens (tertiary/aromatic N) is 1. The summed E-state index contributed by atoms with van der Waals surface area (Å²) < 4.78 is 11.7. The molecule has 2 N–H and O–H groups in total. The van der Waals surface area contributed by atoms with Crippen LogP contribution in [-0.4, -0.2) is 55.2 Å². The standard InChI is InChI=1S/C16H15FN2O3/c1-19(2,14-16(21)22)13-9-12-18-15(20)10-7-5-3-4-6-8-11-17/h9,12-14H2,1-2H3,(H-,18,20,21,22)/p+1. The van der Waals surface area contributed by atoms with Crippen molar-refractivity contribution in [2.75, 3.05) is 33.7 Å². The maximum atomic E-state index is 11.3. The van der Waals surface area contributed by atoms with E-state index in [4.69, 9.17) is 5.11 Å². The fourth-order valence-electron chi connectivity index (χ4n) is 1.44. The number of carbonyl (C=O) groups is 2. The van der Waals surface area contributed by atoms with Crippen molar-refractivity contribution >= 4 is 11.9 Å². The molecule has 1 amide bonds. The van der Waals surface area contributed by atoms with Gasteiger partial charge in [0.2, 0.25) is 0 Å². The van der Waals surface area contributed by atoms with Gasteiger partial charge in [0, 0.05) is 36.6 Å². The van der Waals surface area contributed by atoms with Crippen molar-refractivity contribution in [2.24, 2.45) is 0 Å². The van der Waals surface area contributed by atoms with Gasteiger partial charge in [-0.3, -0.25) is 4.79 Å². The lowest BCUT2D eigenvalue weighted by Gasteiger charge is -2.27. The van der Waals surface area contributed by atoms with Crippen LogP contribution in [0.4, 0.5) is 4.39 Å². The highest BCUT2D eigenvalue weighted by atomic mass is 19.1. The summed E-state index contributed by atoms with van der Waals surface area (Å²) in [6.07, 6.45) is 1.73. The summed E-state index contributed by atoms with van der Waals surface area (Å²) >= 11 is 0. The van der Waals surface area contributed by atoms with Crippen molar-refractivity contribution in [3.8, 4) is 47.6 Å². The van der Waals surface area contributed by atoms with E-state index >= 15 is 0 Å². The molecule has 114 valence electrons. The number of carboxylic acids is 1. The van der Waals surface area contributed by atoms with Gasteiger partial charge in [-0.15, -0.1) is 4.39 Å². The van der Waals surface area contributed by atoms with E-state index in [-0.39, 0.29) is 6.54 Å². The zero-order valence-electron chi connectivity index (χ0n) is 12.4. The molecule has 0 rings (SSSR count). The second-order valence-electron chi connectivity index (χ2n) is 4.79. The van der Waals surface area contributed by atoms with Gasteiger partial charge in [0.15, 0.2) is 6.54 Å². The Labute approximate surface area is 129 Å². The Hall–Kier alpha value is -2.93. The molecule has 0 unspecified atom stereocenters. The van der Waals surface area contributed by atoms with Crippen molar-refractivity contribution in [1.82, 2.24) is 5.32 Å². The molecule has 0 saturated heterocycles. The molecule has 0 spiro atoms. The van der Waals surface area contributed by atoms with Gasteiger partial charge in [0.1, 0.15) is 6.17 Å². The van der Waals surface area contributed by atoms with Gasteiger partial charge < -0.3 is 14.9 Å². The number of carboxylic acid groups (broad SMARTS) is 1. The number of nitrogens with one attached hydrogen (secondary N) is 1. The van der Waals surface area contributed by atoms with Gasteiger partial charge in [-0.05, 0) is 17.8 Å². The molecule has 0 fully saturated rings. The fourth-order valence-corrected chi connectivity index (χ4v) is 1.44. The minimum Gasteiger partial charge on any atom is -0.477 e. The number of quaternary nitrogens is 1. The van der Waals surface area contributed by atoms with Crippen LogP contribution in [0.25, 0.3) is 0 Å². The van der Waals surface area contributed by atoms with Crippen LogP contribution < -0.4 is 5.32 Å². The maximum Gasteiger partial charge on any atom is 0.359 e. The van der Waals surface area contributed by atoms with Crippen LogP contribution in [0.5, 0.6) is 0 Å². The first-order valence-corrected chi connectivity index (χ1v) is 6.30. The summed E-state index contributed by atoms with van der Waals surface area (Å²) in [6.45, 7) is 1.04. The van der Waals surface area contributed by atoms with E-state index in [1.165, 1.54) is 0 Å². The van der Waals surface area contributed by atoms with E-state index in [0.717, 1.165) is 6.17 Å². The average Bonchev–Trinajstić information content (AvgIpc) is 2.41. The molecule has 0 aromatic rings. The number of rotatable bonds is 6. The number of carbonyl (C=O) groups excluding carboxylic acids is 1. The van der Waals surface area contributed by atoms with Crippen molar-refractivity contribution in [1.29, 1.82) is 0 Å². The van der Waals surface area contributed by atoms with Crippen LogP contribution in [0, 0.1) is 47.6 Å². The topological polar surface area (TPSA) is 66.4 Å². The lowest BCUT2D eigenvalue weighted by Crippen LogP contribution is -2.45. The number of amides is 1. The number of aliphatic carboxylic acids is 1. The van der Waals surface area contributed by atoms with Gasteiger partial charge in [-0.1, -0.05) is 0 Å². The van der Waals surface area contributed by atoms with Gasteiger partial charge in [-0.25, -0.2) is 4.79 Å². The summed E-state index contributed by atoms with van der Waals surface area (Å²) in [5.74, 6) is 14.0. The van der Waals surface area contributed by atoms with E-state index in [1.54, 1.807) is 14.1 Å². The minimum absolute atomic E-state index is 0.0250. The van der Waals surface area contributed by atoms with Crippen LogP contribution >= 0.6 is 0 Å². The molecule has 0 aliphatic carbocycles. The molecule has 22 heavy (non-hydrogen) atoms. The third-order valence-corrected chi connectivity index (χ3v) is 2.32. The molecule has 0 aliphatic rings. The Morgan fingerprint density at radius 1 is 1.09 bits per heavy atom. The normalized spacial score (nSPS) is 8.50. The first-order valence-electron chi connectivity index (χ1n) is 6.30. The summed E-state index contributed by atoms with van der Waals surface area (Å²) in [5, 5.41) is 11.3. The highest BCUT2D eigenvalue weighted by Crippen LogP contribution is 1.98. The second-order valence-corrected chi connectivity index (χ2v) is 4.79. The molecule has 0 saturated carbocycles. The van der Waals surface area contributed by atoms with Gasteiger partial charge in [0.05, 0.1) is 20.6 Å². The third kappa shape index (κ3) is 12.1.